The summed E-state index contributed by atoms with van der Waals surface area (Å²) >= 11 is 6.04. The van der Waals surface area contributed by atoms with Crippen molar-refractivity contribution in [3.05, 3.63) is 64.2 Å². The van der Waals surface area contributed by atoms with E-state index in [0.717, 1.165) is 0 Å². The highest BCUT2D eigenvalue weighted by atomic mass is 35.5. The molecule has 0 fully saturated rings. The van der Waals surface area contributed by atoms with E-state index >= 15 is 0 Å². The van der Waals surface area contributed by atoms with Gasteiger partial charge in [0.1, 0.15) is 0 Å². The highest BCUT2D eigenvalue weighted by molar-refractivity contribution is 6.34. The molecule has 6 nitrogen and oxygen atoms in total. The fraction of sp³-hybridized carbons (Fsp3) is 0.167. The van der Waals surface area contributed by atoms with E-state index in [1.165, 1.54) is 24.3 Å². The Bertz CT molecular complexity index is 819. The van der Waals surface area contributed by atoms with Crippen LogP contribution in [-0.2, 0) is 16.0 Å². The zero-order chi connectivity index (χ0) is 18.4. The molecule has 0 unspecified atom stereocenters. The first-order valence-corrected chi connectivity index (χ1v) is 7.88. The van der Waals surface area contributed by atoms with Crippen molar-refractivity contribution >= 4 is 35.1 Å². The predicted molar refractivity (Wildman–Crippen MR) is 93.1 cm³/mol. The summed E-state index contributed by atoms with van der Waals surface area (Å²) in [6, 6.07) is 10.7. The highest BCUT2D eigenvalue weighted by Gasteiger charge is 2.15. The minimum atomic E-state index is -1.09. The average Bonchev–Trinajstić information content (AvgIpc) is 2.55. The summed E-state index contributed by atoms with van der Waals surface area (Å²) < 4.78 is 4.88. The number of carboxylic acids is 1. The number of carbonyl (C=O) groups excluding carboxylic acids is 2. The van der Waals surface area contributed by atoms with E-state index in [1.54, 1.807) is 25.1 Å². The van der Waals surface area contributed by atoms with Crippen molar-refractivity contribution in [2.24, 2.45) is 0 Å². The number of nitrogens with one attached hydrogen (secondary N) is 1. The molecule has 0 spiro atoms. The first kappa shape index (κ1) is 18.5. The van der Waals surface area contributed by atoms with Crippen molar-refractivity contribution in [2.75, 3.05) is 11.9 Å². The van der Waals surface area contributed by atoms with Crippen LogP contribution in [0.1, 0.15) is 33.2 Å². The SMILES string of the molecule is CCOC(=O)c1ccc(NC(=O)Cc2ccccc2C(=O)O)cc1Cl. The van der Waals surface area contributed by atoms with Gasteiger partial charge >= 0.3 is 11.9 Å². The van der Waals surface area contributed by atoms with Gasteiger partial charge in [-0.3, -0.25) is 4.79 Å². The first-order chi connectivity index (χ1) is 11.9. The maximum absolute atomic E-state index is 12.2. The summed E-state index contributed by atoms with van der Waals surface area (Å²) in [5.74, 6) is -2.03. The van der Waals surface area contributed by atoms with Gasteiger partial charge < -0.3 is 15.2 Å². The van der Waals surface area contributed by atoms with Gasteiger partial charge in [0.25, 0.3) is 0 Å². The number of esters is 1. The summed E-state index contributed by atoms with van der Waals surface area (Å²) in [4.78, 5) is 35.0. The second-order valence-electron chi connectivity index (χ2n) is 5.10. The molecule has 0 atom stereocenters. The third-order valence-corrected chi connectivity index (χ3v) is 3.66. The van der Waals surface area contributed by atoms with Gasteiger partial charge in [-0.1, -0.05) is 29.8 Å². The molecule has 25 heavy (non-hydrogen) atoms. The molecule has 0 radical (unpaired) electrons. The predicted octanol–water partition coefficient (Wildman–Crippen LogP) is 3.40. The van der Waals surface area contributed by atoms with Crippen LogP contribution in [0.15, 0.2) is 42.5 Å². The molecule has 0 heterocycles. The maximum Gasteiger partial charge on any atom is 0.339 e. The maximum atomic E-state index is 12.2. The van der Waals surface area contributed by atoms with Gasteiger partial charge in [-0.2, -0.15) is 0 Å². The molecular weight excluding hydrogens is 346 g/mol. The molecule has 2 rings (SSSR count). The molecule has 0 aliphatic rings. The fourth-order valence-corrected chi connectivity index (χ4v) is 2.49. The number of rotatable bonds is 6. The van der Waals surface area contributed by atoms with Crippen LogP contribution in [0.2, 0.25) is 5.02 Å². The van der Waals surface area contributed by atoms with E-state index in [9.17, 15) is 14.4 Å². The van der Waals surface area contributed by atoms with Crippen LogP contribution >= 0.6 is 11.6 Å². The number of ether oxygens (including phenoxy) is 1. The quantitative estimate of drug-likeness (QED) is 0.769. The number of hydrogen-bond acceptors (Lipinski definition) is 4. The first-order valence-electron chi connectivity index (χ1n) is 7.50. The van der Waals surface area contributed by atoms with Gasteiger partial charge in [-0.15, -0.1) is 0 Å². The molecule has 130 valence electrons. The van der Waals surface area contributed by atoms with Gasteiger partial charge in [0.05, 0.1) is 29.2 Å². The van der Waals surface area contributed by atoms with Crippen molar-refractivity contribution in [3.8, 4) is 0 Å². The molecule has 2 N–H and O–H groups in total. The molecule has 0 aliphatic heterocycles. The third-order valence-electron chi connectivity index (χ3n) is 3.35. The van der Waals surface area contributed by atoms with Crippen molar-refractivity contribution in [1.29, 1.82) is 0 Å². The number of aromatic carboxylic acids is 1. The minimum Gasteiger partial charge on any atom is -0.478 e. The van der Waals surface area contributed by atoms with Crippen LogP contribution in [0.4, 0.5) is 5.69 Å². The summed E-state index contributed by atoms with van der Waals surface area (Å²) in [7, 11) is 0. The van der Waals surface area contributed by atoms with E-state index in [2.05, 4.69) is 5.32 Å². The molecule has 7 heteroatoms. The van der Waals surface area contributed by atoms with Crippen LogP contribution in [-0.4, -0.2) is 29.6 Å². The topological polar surface area (TPSA) is 92.7 Å². The number of halogens is 1. The Balaban J connectivity index is 2.10. The second kappa shape index (κ2) is 8.30. The Morgan fingerprint density at radius 1 is 1.12 bits per heavy atom. The van der Waals surface area contributed by atoms with E-state index in [0.29, 0.717) is 11.3 Å². The molecule has 0 saturated heterocycles. The van der Waals surface area contributed by atoms with Crippen LogP contribution in [0.25, 0.3) is 0 Å². The standard InChI is InChI=1S/C18H16ClNO5/c1-2-25-18(24)14-8-7-12(10-15(14)19)20-16(21)9-11-5-3-4-6-13(11)17(22)23/h3-8,10H,2,9H2,1H3,(H,20,21)(H,22,23). The number of benzene rings is 2. The Morgan fingerprint density at radius 3 is 2.48 bits per heavy atom. The number of carboxylic acid groups (broad SMARTS) is 1. The molecule has 0 aliphatic carbocycles. The smallest absolute Gasteiger partial charge is 0.339 e. The van der Waals surface area contributed by atoms with Crippen molar-refractivity contribution in [3.63, 3.8) is 0 Å². The van der Waals surface area contributed by atoms with Crippen LogP contribution < -0.4 is 5.32 Å². The monoisotopic (exact) mass is 361 g/mol. The van der Waals surface area contributed by atoms with Crippen LogP contribution in [0.5, 0.6) is 0 Å². The lowest BCUT2D eigenvalue weighted by atomic mass is 10.0. The summed E-state index contributed by atoms with van der Waals surface area (Å²) in [5, 5.41) is 11.9. The molecule has 2 aromatic rings. The van der Waals surface area contributed by atoms with E-state index < -0.39 is 17.8 Å². The zero-order valence-electron chi connectivity index (χ0n) is 13.4. The van der Waals surface area contributed by atoms with E-state index in [1.807, 2.05) is 0 Å². The van der Waals surface area contributed by atoms with E-state index in [-0.39, 0.29) is 29.2 Å². The largest absolute Gasteiger partial charge is 0.478 e. The van der Waals surface area contributed by atoms with Gasteiger partial charge in [0.2, 0.25) is 5.91 Å². The Hall–Kier alpha value is -2.86. The molecule has 0 bridgehead atoms. The lowest BCUT2D eigenvalue weighted by Gasteiger charge is -2.09. The molecule has 0 aromatic heterocycles. The summed E-state index contributed by atoms with van der Waals surface area (Å²) in [6.07, 6.45) is -0.0975. The Labute approximate surface area is 149 Å². The van der Waals surface area contributed by atoms with Gasteiger partial charge in [0, 0.05) is 5.69 Å². The number of hydrogen-bond donors (Lipinski definition) is 2. The van der Waals surface area contributed by atoms with E-state index in [4.69, 9.17) is 21.4 Å². The van der Waals surface area contributed by atoms with Gasteiger partial charge in [-0.25, -0.2) is 9.59 Å². The van der Waals surface area contributed by atoms with Crippen molar-refractivity contribution < 1.29 is 24.2 Å². The minimum absolute atomic E-state index is 0.0772. The molecule has 0 saturated carbocycles. The lowest BCUT2D eigenvalue weighted by molar-refractivity contribution is -0.115. The Morgan fingerprint density at radius 2 is 1.84 bits per heavy atom. The highest BCUT2D eigenvalue weighted by Crippen LogP contribution is 2.22. The Kier molecular flexibility index (Phi) is 6.14. The normalized spacial score (nSPS) is 10.2. The van der Waals surface area contributed by atoms with Crippen molar-refractivity contribution in [1.82, 2.24) is 0 Å². The van der Waals surface area contributed by atoms with Crippen LogP contribution in [0, 0.1) is 0 Å². The fourth-order valence-electron chi connectivity index (χ4n) is 2.23. The zero-order valence-corrected chi connectivity index (χ0v) is 14.2. The summed E-state index contributed by atoms with van der Waals surface area (Å²) in [6.45, 7) is 1.92. The van der Waals surface area contributed by atoms with Gasteiger partial charge in [-0.05, 0) is 36.8 Å². The second-order valence-corrected chi connectivity index (χ2v) is 5.51. The molecule has 2 aromatic carbocycles. The average molecular weight is 362 g/mol. The number of amides is 1. The third kappa shape index (κ3) is 4.81. The summed E-state index contributed by atoms with van der Waals surface area (Å²) in [5.41, 5.74) is 1.09. The molecular formula is C18H16ClNO5. The molecule has 1 amide bonds. The van der Waals surface area contributed by atoms with Crippen LogP contribution in [0.3, 0.4) is 0 Å². The van der Waals surface area contributed by atoms with Crippen molar-refractivity contribution in [2.45, 2.75) is 13.3 Å². The number of anilines is 1. The number of carbonyl (C=O) groups is 3. The van der Waals surface area contributed by atoms with Gasteiger partial charge in [0.15, 0.2) is 0 Å². The lowest BCUT2D eigenvalue weighted by Crippen LogP contribution is -2.16.